The van der Waals surface area contributed by atoms with E-state index in [0.717, 1.165) is 30.4 Å². The van der Waals surface area contributed by atoms with Crippen molar-refractivity contribution < 1.29 is 4.74 Å². The maximum Gasteiger partial charge on any atom is 0.0666 e. The molecule has 2 rings (SSSR count). The highest BCUT2D eigenvalue weighted by Crippen LogP contribution is 2.33. The van der Waals surface area contributed by atoms with E-state index >= 15 is 0 Å². The Balaban J connectivity index is 1.77. The normalized spacial score (nSPS) is 38.5. The van der Waals surface area contributed by atoms with Gasteiger partial charge in [-0.25, -0.2) is 0 Å². The molecule has 2 nitrogen and oxygen atoms in total. The highest BCUT2D eigenvalue weighted by Gasteiger charge is 2.29. The fraction of sp³-hybridized carbons (Fsp3) is 1.00. The third kappa shape index (κ3) is 4.15. The highest BCUT2D eigenvalue weighted by molar-refractivity contribution is 8.00. The van der Waals surface area contributed by atoms with E-state index in [-0.39, 0.29) is 0 Å². The Labute approximate surface area is 110 Å². The Morgan fingerprint density at radius 3 is 2.88 bits per heavy atom. The number of hydrogen-bond donors (Lipinski definition) is 1. The lowest BCUT2D eigenvalue weighted by Crippen LogP contribution is -2.42. The average molecular weight is 257 g/mol. The molecular formula is C14H27NOS. The molecule has 0 aromatic heterocycles. The van der Waals surface area contributed by atoms with Crippen molar-refractivity contribution in [3.05, 3.63) is 0 Å². The molecular weight excluding hydrogens is 230 g/mol. The van der Waals surface area contributed by atoms with E-state index in [2.05, 4.69) is 30.9 Å². The zero-order valence-electron chi connectivity index (χ0n) is 11.3. The van der Waals surface area contributed by atoms with Crippen molar-refractivity contribution in [1.82, 2.24) is 5.32 Å². The van der Waals surface area contributed by atoms with E-state index in [0.29, 0.717) is 6.10 Å². The van der Waals surface area contributed by atoms with E-state index in [1.807, 2.05) is 0 Å². The largest absolute Gasteiger partial charge is 0.377 e. The van der Waals surface area contributed by atoms with Crippen LogP contribution in [-0.2, 0) is 4.74 Å². The Morgan fingerprint density at radius 2 is 2.18 bits per heavy atom. The Kier molecular flexibility index (Phi) is 5.64. The number of thioether (sulfide) groups is 1. The van der Waals surface area contributed by atoms with Crippen molar-refractivity contribution in [1.29, 1.82) is 0 Å². The predicted molar refractivity (Wildman–Crippen MR) is 75.7 cm³/mol. The summed E-state index contributed by atoms with van der Waals surface area (Å²) in [5.74, 6) is 2.12. The summed E-state index contributed by atoms with van der Waals surface area (Å²) in [6.45, 7) is 6.72. The van der Waals surface area contributed by atoms with Crippen molar-refractivity contribution in [3.63, 3.8) is 0 Å². The molecule has 1 heterocycles. The summed E-state index contributed by atoms with van der Waals surface area (Å²) in [6, 6.07) is 0.739. The molecule has 2 fully saturated rings. The van der Waals surface area contributed by atoms with Gasteiger partial charge in [0.15, 0.2) is 0 Å². The van der Waals surface area contributed by atoms with Gasteiger partial charge >= 0.3 is 0 Å². The average Bonchev–Trinajstić information content (AvgIpc) is 2.82. The van der Waals surface area contributed by atoms with Gasteiger partial charge in [-0.15, -0.1) is 0 Å². The second-order valence-electron chi connectivity index (χ2n) is 5.59. The molecule has 0 radical (unpaired) electrons. The molecule has 1 saturated carbocycles. The Bertz CT molecular complexity index is 218. The molecule has 4 atom stereocenters. The summed E-state index contributed by atoms with van der Waals surface area (Å²) in [5, 5.41) is 4.48. The van der Waals surface area contributed by atoms with Crippen molar-refractivity contribution >= 4 is 11.8 Å². The molecule has 100 valence electrons. The fourth-order valence-corrected chi connectivity index (χ4v) is 4.67. The van der Waals surface area contributed by atoms with Gasteiger partial charge in [0.05, 0.1) is 6.10 Å². The van der Waals surface area contributed by atoms with E-state index < -0.39 is 0 Å². The van der Waals surface area contributed by atoms with Crippen LogP contribution >= 0.6 is 11.8 Å². The first-order valence-corrected chi connectivity index (χ1v) is 8.31. The molecule has 0 bridgehead atoms. The van der Waals surface area contributed by atoms with Crippen LogP contribution in [0.2, 0.25) is 0 Å². The van der Waals surface area contributed by atoms with Crippen LogP contribution in [0.3, 0.4) is 0 Å². The maximum atomic E-state index is 5.72. The summed E-state index contributed by atoms with van der Waals surface area (Å²) in [4.78, 5) is 0. The Hall–Kier alpha value is 0.270. The van der Waals surface area contributed by atoms with E-state index in [1.54, 1.807) is 0 Å². The topological polar surface area (TPSA) is 21.3 Å². The third-order valence-corrected chi connectivity index (χ3v) is 5.55. The molecule has 0 aromatic rings. The van der Waals surface area contributed by atoms with Gasteiger partial charge < -0.3 is 10.1 Å². The lowest BCUT2D eigenvalue weighted by atomic mass is 9.87. The van der Waals surface area contributed by atoms with Crippen molar-refractivity contribution in [2.75, 3.05) is 18.9 Å². The molecule has 1 N–H and O–H groups in total. The number of rotatable bonds is 5. The van der Waals surface area contributed by atoms with Crippen molar-refractivity contribution in [3.8, 4) is 0 Å². The first-order valence-electron chi connectivity index (χ1n) is 7.26. The quantitative estimate of drug-likeness (QED) is 0.818. The van der Waals surface area contributed by atoms with Gasteiger partial charge in [-0.2, -0.15) is 11.8 Å². The predicted octanol–water partition coefficient (Wildman–Crippen LogP) is 3.07. The Morgan fingerprint density at radius 1 is 1.29 bits per heavy atom. The molecule has 1 aliphatic heterocycles. The SMILES string of the molecule is CCNC1CCC(C)CC1SCC1CCCO1. The molecule has 17 heavy (non-hydrogen) atoms. The van der Waals surface area contributed by atoms with E-state index in [1.165, 1.54) is 37.9 Å². The molecule has 1 aliphatic carbocycles. The zero-order valence-corrected chi connectivity index (χ0v) is 12.1. The number of hydrogen-bond acceptors (Lipinski definition) is 3. The van der Waals surface area contributed by atoms with Crippen LogP contribution in [0.25, 0.3) is 0 Å². The smallest absolute Gasteiger partial charge is 0.0666 e. The van der Waals surface area contributed by atoms with Gasteiger partial charge in [0.25, 0.3) is 0 Å². The van der Waals surface area contributed by atoms with Crippen LogP contribution in [-0.4, -0.2) is 36.3 Å². The lowest BCUT2D eigenvalue weighted by molar-refractivity contribution is 0.128. The van der Waals surface area contributed by atoms with E-state index in [4.69, 9.17) is 4.74 Å². The molecule has 2 aliphatic rings. The lowest BCUT2D eigenvalue weighted by Gasteiger charge is -2.35. The van der Waals surface area contributed by atoms with Crippen LogP contribution in [0.1, 0.15) is 46.0 Å². The summed E-state index contributed by atoms with van der Waals surface area (Å²) >= 11 is 2.16. The highest BCUT2D eigenvalue weighted by atomic mass is 32.2. The zero-order chi connectivity index (χ0) is 12.1. The third-order valence-electron chi connectivity index (χ3n) is 4.04. The first-order chi connectivity index (χ1) is 8.29. The monoisotopic (exact) mass is 257 g/mol. The molecule has 0 spiro atoms. The maximum absolute atomic E-state index is 5.72. The molecule has 4 unspecified atom stereocenters. The second kappa shape index (κ2) is 7.01. The van der Waals surface area contributed by atoms with Crippen LogP contribution in [0.5, 0.6) is 0 Å². The minimum atomic E-state index is 0.541. The van der Waals surface area contributed by atoms with Crippen LogP contribution in [0.15, 0.2) is 0 Å². The number of ether oxygens (including phenoxy) is 1. The summed E-state index contributed by atoms with van der Waals surface area (Å²) < 4.78 is 5.72. The summed E-state index contributed by atoms with van der Waals surface area (Å²) in [5.41, 5.74) is 0. The molecule has 1 saturated heterocycles. The fourth-order valence-electron chi connectivity index (χ4n) is 3.02. The van der Waals surface area contributed by atoms with Crippen molar-refractivity contribution in [2.45, 2.75) is 63.3 Å². The van der Waals surface area contributed by atoms with Gasteiger partial charge in [-0.3, -0.25) is 0 Å². The molecule has 3 heteroatoms. The first kappa shape index (κ1) is 13.7. The minimum Gasteiger partial charge on any atom is -0.377 e. The second-order valence-corrected chi connectivity index (χ2v) is 6.86. The van der Waals surface area contributed by atoms with Gasteiger partial charge in [0.2, 0.25) is 0 Å². The van der Waals surface area contributed by atoms with Crippen LogP contribution < -0.4 is 5.32 Å². The minimum absolute atomic E-state index is 0.541. The van der Waals surface area contributed by atoms with Gasteiger partial charge in [-0.1, -0.05) is 13.8 Å². The van der Waals surface area contributed by atoms with Gasteiger partial charge in [0.1, 0.15) is 0 Å². The standard InChI is InChI=1S/C14H27NOS/c1-3-15-13-7-6-11(2)9-14(13)17-10-12-5-4-8-16-12/h11-15H,3-10H2,1-2H3. The van der Waals surface area contributed by atoms with E-state index in [9.17, 15) is 0 Å². The van der Waals surface area contributed by atoms with Crippen molar-refractivity contribution in [2.24, 2.45) is 5.92 Å². The summed E-state index contributed by atoms with van der Waals surface area (Å²) in [6.07, 6.45) is 7.23. The molecule has 0 aromatic carbocycles. The molecule has 0 amide bonds. The van der Waals surface area contributed by atoms with Gasteiger partial charge in [-0.05, 0) is 44.6 Å². The van der Waals surface area contributed by atoms with Crippen LogP contribution in [0.4, 0.5) is 0 Å². The number of nitrogens with one attached hydrogen (secondary N) is 1. The van der Waals surface area contributed by atoms with Crippen LogP contribution in [0, 0.1) is 5.92 Å². The summed E-state index contributed by atoms with van der Waals surface area (Å²) in [7, 11) is 0. The van der Waals surface area contributed by atoms with Gasteiger partial charge in [0, 0.05) is 23.7 Å².